The average Bonchev–Trinajstić information content (AvgIpc) is 3.76. The second-order valence-electron chi connectivity index (χ2n) is 10.7. The predicted octanol–water partition coefficient (Wildman–Crippen LogP) is 4.10. The zero-order valence-corrected chi connectivity index (χ0v) is 24.9. The molecule has 0 radical (unpaired) electrons. The third-order valence-electron chi connectivity index (χ3n) is 7.84. The number of hydrogen-bond acceptors (Lipinski definition) is 9. The number of nitrogens with zero attached hydrogens (tertiary/aromatic N) is 5. The summed E-state index contributed by atoms with van der Waals surface area (Å²) in [5, 5.41) is 15.8. The number of fused-ring (bicyclic) bond motifs is 1. The Kier molecular flexibility index (Phi) is 8.76. The number of tetrazole rings is 1. The van der Waals surface area contributed by atoms with Crippen LogP contribution in [0.4, 0.5) is 10.1 Å². The van der Waals surface area contributed by atoms with Crippen molar-refractivity contribution in [3.8, 4) is 34.4 Å². The molecule has 2 aliphatic rings. The first kappa shape index (κ1) is 29.9. The van der Waals surface area contributed by atoms with Gasteiger partial charge in [-0.2, -0.15) is 4.80 Å². The van der Waals surface area contributed by atoms with Gasteiger partial charge < -0.3 is 24.3 Å². The van der Waals surface area contributed by atoms with Crippen molar-refractivity contribution in [1.29, 1.82) is 0 Å². The third-order valence-corrected chi connectivity index (χ3v) is 7.84. The van der Waals surface area contributed by atoms with E-state index in [2.05, 4.69) is 20.7 Å². The Morgan fingerprint density at radius 2 is 1.71 bits per heavy atom. The number of benzene rings is 3. The quantitative estimate of drug-likeness (QED) is 0.280. The Hall–Kier alpha value is -5.20. The van der Waals surface area contributed by atoms with Gasteiger partial charge in [-0.3, -0.25) is 14.5 Å². The topological polar surface area (TPSA) is 130 Å². The number of carbonyl (C=O) groups is 2. The van der Waals surface area contributed by atoms with Gasteiger partial charge >= 0.3 is 0 Å². The van der Waals surface area contributed by atoms with Gasteiger partial charge in [0.1, 0.15) is 31.6 Å². The number of aromatic nitrogens is 4. The zero-order valence-electron chi connectivity index (χ0n) is 24.9. The Morgan fingerprint density at radius 1 is 0.978 bits per heavy atom. The number of carbonyl (C=O) groups excluding carboxylic acids is 2. The molecule has 3 aromatic carbocycles. The summed E-state index contributed by atoms with van der Waals surface area (Å²) in [5.74, 6) is 0.936. The van der Waals surface area contributed by atoms with Crippen LogP contribution in [0.5, 0.6) is 23.0 Å². The summed E-state index contributed by atoms with van der Waals surface area (Å²) < 4.78 is 36.2. The minimum atomic E-state index is -1.13. The molecule has 0 bridgehead atoms. The highest BCUT2D eigenvalue weighted by Gasteiger charge is 2.35. The van der Waals surface area contributed by atoms with Crippen LogP contribution in [0.3, 0.4) is 0 Å². The second kappa shape index (κ2) is 13.2. The summed E-state index contributed by atoms with van der Waals surface area (Å²) in [7, 11) is 3.07. The SMILES string of the molecule is COc1ccc(-c2nnn(CC(=O)N(c3ccc4c(c3)OCCO4)[C@@H](C(=O)NC3CCCC3)c3ccc(F)cc3)n2)cc1OC. The number of ether oxygens (including phenoxy) is 4. The van der Waals surface area contributed by atoms with E-state index in [0.29, 0.717) is 53.0 Å². The molecular weight excluding hydrogens is 583 g/mol. The lowest BCUT2D eigenvalue weighted by molar-refractivity contribution is -0.127. The number of anilines is 1. The molecule has 4 aromatic rings. The lowest BCUT2D eigenvalue weighted by Crippen LogP contribution is -2.47. The van der Waals surface area contributed by atoms with Crippen LogP contribution in [0.1, 0.15) is 37.3 Å². The van der Waals surface area contributed by atoms with Crippen LogP contribution in [-0.2, 0) is 16.1 Å². The van der Waals surface area contributed by atoms with Gasteiger partial charge in [0.05, 0.1) is 14.2 Å². The fourth-order valence-electron chi connectivity index (χ4n) is 5.63. The van der Waals surface area contributed by atoms with Crippen molar-refractivity contribution in [3.05, 3.63) is 72.0 Å². The van der Waals surface area contributed by atoms with E-state index in [1.165, 1.54) is 36.3 Å². The summed E-state index contributed by atoms with van der Waals surface area (Å²) in [5.41, 5.74) is 1.43. The van der Waals surface area contributed by atoms with Crippen LogP contribution >= 0.6 is 0 Å². The summed E-state index contributed by atoms with van der Waals surface area (Å²) >= 11 is 0. The molecule has 2 amide bonds. The third kappa shape index (κ3) is 6.52. The van der Waals surface area contributed by atoms with Crippen LogP contribution in [0.25, 0.3) is 11.4 Å². The fourth-order valence-corrected chi connectivity index (χ4v) is 5.63. The average molecular weight is 617 g/mol. The highest BCUT2D eigenvalue weighted by molar-refractivity contribution is 6.01. The molecule has 1 aliphatic heterocycles. The van der Waals surface area contributed by atoms with Gasteiger partial charge in [-0.05, 0) is 66.1 Å². The Bertz CT molecular complexity index is 1670. The number of amides is 2. The molecule has 0 spiro atoms. The van der Waals surface area contributed by atoms with Crippen LogP contribution in [0.2, 0.25) is 0 Å². The maximum absolute atomic E-state index is 14.3. The number of hydrogen-bond donors (Lipinski definition) is 1. The molecule has 45 heavy (non-hydrogen) atoms. The maximum atomic E-state index is 14.3. The molecule has 0 unspecified atom stereocenters. The standard InChI is InChI=1S/C32H33FN6O6/c1-42-25-13-9-21(17-27(25)43-2)31-35-37-38(36-31)19-29(40)39(24-12-14-26-28(18-24)45-16-15-44-26)30(20-7-10-22(33)11-8-20)32(41)34-23-5-3-4-6-23/h7-14,17-18,23,30H,3-6,15-16,19H2,1-2H3,(H,34,41)/t30-/m1/s1. The van der Waals surface area contributed by atoms with Crippen LogP contribution in [0.15, 0.2) is 60.7 Å². The van der Waals surface area contributed by atoms with Gasteiger partial charge in [0, 0.05) is 23.4 Å². The molecule has 13 heteroatoms. The van der Waals surface area contributed by atoms with Crippen molar-refractivity contribution in [1.82, 2.24) is 25.5 Å². The molecule has 1 N–H and O–H groups in total. The van der Waals surface area contributed by atoms with Crippen molar-refractivity contribution in [2.24, 2.45) is 0 Å². The Labute approximate surface area is 259 Å². The molecule has 6 rings (SSSR count). The van der Waals surface area contributed by atoms with Gasteiger partial charge in [-0.1, -0.05) is 25.0 Å². The van der Waals surface area contributed by atoms with Crippen molar-refractivity contribution in [2.75, 3.05) is 32.3 Å². The molecule has 1 fully saturated rings. The Balaban J connectivity index is 1.36. The monoisotopic (exact) mass is 616 g/mol. The van der Waals surface area contributed by atoms with Crippen molar-refractivity contribution >= 4 is 17.5 Å². The van der Waals surface area contributed by atoms with Gasteiger partial charge in [0.15, 0.2) is 23.0 Å². The van der Waals surface area contributed by atoms with E-state index < -0.39 is 17.8 Å². The molecule has 0 saturated heterocycles. The van der Waals surface area contributed by atoms with E-state index >= 15 is 0 Å². The maximum Gasteiger partial charge on any atom is 0.251 e. The van der Waals surface area contributed by atoms with Crippen molar-refractivity contribution in [2.45, 2.75) is 44.3 Å². The van der Waals surface area contributed by atoms with Crippen LogP contribution < -0.4 is 29.2 Å². The van der Waals surface area contributed by atoms with E-state index in [1.54, 1.807) is 43.5 Å². The number of methoxy groups -OCH3 is 2. The van der Waals surface area contributed by atoms with Crippen molar-refractivity contribution < 1.29 is 32.9 Å². The highest BCUT2D eigenvalue weighted by atomic mass is 19.1. The lowest BCUT2D eigenvalue weighted by atomic mass is 10.0. The van der Waals surface area contributed by atoms with E-state index in [1.807, 2.05) is 0 Å². The van der Waals surface area contributed by atoms with E-state index in [4.69, 9.17) is 18.9 Å². The second-order valence-corrected chi connectivity index (χ2v) is 10.7. The normalized spacial score (nSPS) is 14.9. The first-order valence-electron chi connectivity index (χ1n) is 14.7. The molecule has 1 atom stereocenters. The van der Waals surface area contributed by atoms with Gasteiger partial charge in [0.25, 0.3) is 5.91 Å². The first-order chi connectivity index (χ1) is 21.9. The van der Waals surface area contributed by atoms with Crippen LogP contribution in [-0.4, -0.2) is 65.5 Å². The zero-order chi connectivity index (χ0) is 31.3. The summed E-state index contributed by atoms with van der Waals surface area (Å²) in [6.07, 6.45) is 3.72. The fraction of sp³-hybridized carbons (Fsp3) is 0.344. The smallest absolute Gasteiger partial charge is 0.251 e. The summed E-state index contributed by atoms with van der Waals surface area (Å²) in [6.45, 7) is 0.399. The minimum absolute atomic E-state index is 0.0151. The van der Waals surface area contributed by atoms with E-state index in [-0.39, 0.29) is 24.3 Å². The molecule has 1 aliphatic carbocycles. The summed E-state index contributed by atoms with van der Waals surface area (Å²) in [6, 6.07) is 14.6. The highest BCUT2D eigenvalue weighted by Crippen LogP contribution is 2.38. The van der Waals surface area contributed by atoms with Crippen molar-refractivity contribution in [3.63, 3.8) is 0 Å². The number of rotatable bonds is 10. The van der Waals surface area contributed by atoms with Gasteiger partial charge in [-0.15, -0.1) is 10.2 Å². The largest absolute Gasteiger partial charge is 0.493 e. The molecule has 1 saturated carbocycles. The molecule has 1 aromatic heterocycles. The molecular formula is C32H33FN6O6. The Morgan fingerprint density at radius 3 is 2.44 bits per heavy atom. The van der Waals surface area contributed by atoms with Gasteiger partial charge in [0.2, 0.25) is 11.7 Å². The van der Waals surface area contributed by atoms with Crippen LogP contribution in [0, 0.1) is 5.82 Å². The molecule has 234 valence electrons. The van der Waals surface area contributed by atoms with E-state index in [0.717, 1.165) is 30.5 Å². The predicted molar refractivity (Wildman–Crippen MR) is 161 cm³/mol. The van der Waals surface area contributed by atoms with Gasteiger partial charge in [-0.25, -0.2) is 4.39 Å². The lowest BCUT2D eigenvalue weighted by Gasteiger charge is -2.33. The molecule has 12 nitrogen and oxygen atoms in total. The van der Waals surface area contributed by atoms with E-state index in [9.17, 15) is 14.0 Å². The number of halogens is 1. The number of nitrogens with one attached hydrogen (secondary N) is 1. The minimum Gasteiger partial charge on any atom is -0.493 e. The molecule has 2 heterocycles. The first-order valence-corrected chi connectivity index (χ1v) is 14.7. The summed E-state index contributed by atoms with van der Waals surface area (Å²) in [4.78, 5) is 30.8.